The van der Waals surface area contributed by atoms with Crippen LogP contribution in [0.5, 0.6) is 0 Å². The molecule has 0 aromatic heterocycles. The number of carbonyl (C=O) groups excluding carboxylic acids is 4. The van der Waals surface area contributed by atoms with Gasteiger partial charge in [0.05, 0.1) is 6.61 Å². The average molecular weight is 603 g/mol. The Labute approximate surface area is 234 Å². The Balaban J connectivity index is 1.69. The van der Waals surface area contributed by atoms with Gasteiger partial charge in [-0.15, -0.1) is 0 Å². The first-order valence-corrected chi connectivity index (χ1v) is 13.3. The van der Waals surface area contributed by atoms with Gasteiger partial charge in [0.2, 0.25) is 11.8 Å². The number of nitrogens with one attached hydrogen (secondary N) is 3. The summed E-state index contributed by atoms with van der Waals surface area (Å²) in [4.78, 5) is 56.1. The summed E-state index contributed by atoms with van der Waals surface area (Å²) >= 11 is 3.26. The Bertz CT molecular complexity index is 1150. The lowest BCUT2D eigenvalue weighted by Gasteiger charge is -2.24. The molecule has 1 heterocycles. The van der Waals surface area contributed by atoms with Crippen LogP contribution in [0.25, 0.3) is 0 Å². The number of amides is 3. The molecule has 0 saturated carbocycles. The van der Waals surface area contributed by atoms with Crippen LogP contribution >= 0.6 is 15.9 Å². The van der Waals surface area contributed by atoms with Crippen LogP contribution in [0.3, 0.4) is 0 Å². The maximum absolute atomic E-state index is 13.4. The quantitative estimate of drug-likeness (QED) is 0.299. The summed E-state index contributed by atoms with van der Waals surface area (Å²) in [5, 5.41) is 11.6. The third kappa shape index (κ3) is 10.4. The number of hydrogen-bond acceptors (Lipinski definition) is 8. The van der Waals surface area contributed by atoms with Crippen molar-refractivity contribution in [2.45, 2.75) is 51.0 Å². The van der Waals surface area contributed by atoms with E-state index in [1.54, 1.807) is 6.92 Å². The van der Waals surface area contributed by atoms with Crippen molar-refractivity contribution in [2.24, 2.45) is 5.16 Å². The third-order valence-corrected chi connectivity index (χ3v) is 6.11. The fourth-order valence-electron chi connectivity index (χ4n) is 3.75. The molecule has 0 saturated heterocycles. The molecular weight excluding hydrogens is 572 g/mol. The van der Waals surface area contributed by atoms with Gasteiger partial charge >= 0.3 is 12.1 Å². The van der Waals surface area contributed by atoms with Gasteiger partial charge in [-0.1, -0.05) is 65.8 Å². The molecule has 1 aliphatic heterocycles. The molecule has 12 heteroatoms. The highest BCUT2D eigenvalue weighted by atomic mass is 79.9. The highest BCUT2D eigenvalue weighted by molar-refractivity contribution is 9.18. The summed E-state index contributed by atoms with van der Waals surface area (Å²) in [5.41, 5.74) is 1.58. The normalized spacial score (nSPS) is 15.6. The van der Waals surface area contributed by atoms with Crippen LogP contribution < -0.4 is 16.0 Å². The second-order valence-corrected chi connectivity index (χ2v) is 9.58. The molecule has 2 aromatic rings. The fraction of sp³-hybridized carbons (Fsp3) is 0.370. The molecular formula is C27H31BrN4O7. The fourth-order valence-corrected chi connectivity index (χ4v) is 4.19. The minimum atomic E-state index is -1.08. The first-order valence-electron chi connectivity index (χ1n) is 12.5. The van der Waals surface area contributed by atoms with Crippen LogP contribution in [0.15, 0.2) is 65.8 Å². The molecule has 208 valence electrons. The zero-order valence-electron chi connectivity index (χ0n) is 21.4. The van der Waals surface area contributed by atoms with E-state index in [4.69, 9.17) is 14.3 Å². The number of nitrogens with zero attached hydrogens (tertiary/aromatic N) is 1. The van der Waals surface area contributed by atoms with E-state index in [2.05, 4.69) is 37.0 Å². The molecule has 1 aliphatic rings. The zero-order valence-corrected chi connectivity index (χ0v) is 23.0. The molecule has 0 bridgehead atoms. The summed E-state index contributed by atoms with van der Waals surface area (Å²) in [6, 6.07) is 16.1. The van der Waals surface area contributed by atoms with Gasteiger partial charge in [0, 0.05) is 19.3 Å². The number of hydrogen-bond donors (Lipinski definition) is 3. The minimum Gasteiger partial charge on any atom is -0.465 e. The van der Waals surface area contributed by atoms with Crippen LogP contribution in [0.2, 0.25) is 0 Å². The molecule has 11 nitrogen and oxygen atoms in total. The van der Waals surface area contributed by atoms with Crippen LogP contribution in [0.4, 0.5) is 4.79 Å². The predicted octanol–water partition coefficient (Wildman–Crippen LogP) is 2.58. The largest absolute Gasteiger partial charge is 0.465 e. The first kappa shape index (κ1) is 29.6. The van der Waals surface area contributed by atoms with Crippen molar-refractivity contribution in [3.05, 3.63) is 71.8 Å². The smallest absolute Gasteiger partial charge is 0.408 e. The Hall–Kier alpha value is -3.93. The SMILES string of the molecule is CCOC(=O)CNC(=O)[C@H](CC1CC(Br)=NO1)NC(=O)[C@H](Cc1ccccc1)NC(=O)OCc1ccccc1. The summed E-state index contributed by atoms with van der Waals surface area (Å²) in [7, 11) is 0. The van der Waals surface area contributed by atoms with Crippen LogP contribution in [0, 0.1) is 0 Å². The van der Waals surface area contributed by atoms with Crippen molar-refractivity contribution in [3.8, 4) is 0 Å². The summed E-state index contributed by atoms with van der Waals surface area (Å²) in [6.45, 7) is 1.49. The Kier molecular flexibility index (Phi) is 11.8. The first-order chi connectivity index (χ1) is 18.8. The molecule has 39 heavy (non-hydrogen) atoms. The van der Waals surface area contributed by atoms with Gasteiger partial charge in [-0.2, -0.15) is 0 Å². The number of esters is 1. The summed E-state index contributed by atoms with van der Waals surface area (Å²) in [5.74, 6) is -1.82. The van der Waals surface area contributed by atoms with E-state index >= 15 is 0 Å². The van der Waals surface area contributed by atoms with E-state index in [0.717, 1.165) is 11.1 Å². The molecule has 1 unspecified atom stereocenters. The lowest BCUT2D eigenvalue weighted by Crippen LogP contribution is -2.55. The molecule has 0 spiro atoms. The van der Waals surface area contributed by atoms with E-state index < -0.39 is 42.1 Å². The molecule has 0 fully saturated rings. The van der Waals surface area contributed by atoms with Crippen molar-refractivity contribution in [3.63, 3.8) is 0 Å². The van der Waals surface area contributed by atoms with E-state index in [1.807, 2.05) is 60.7 Å². The Morgan fingerprint density at radius 1 is 0.949 bits per heavy atom. The number of ether oxygens (including phenoxy) is 2. The molecule has 0 aliphatic carbocycles. The summed E-state index contributed by atoms with van der Waals surface area (Å²) in [6.07, 6.45) is -0.618. The highest BCUT2D eigenvalue weighted by Gasteiger charge is 2.32. The molecule has 0 radical (unpaired) electrons. The second kappa shape index (κ2) is 15.5. The number of halogens is 1. The molecule has 3 amide bonds. The number of rotatable bonds is 13. The maximum atomic E-state index is 13.4. The third-order valence-electron chi connectivity index (χ3n) is 5.64. The monoisotopic (exact) mass is 602 g/mol. The van der Waals surface area contributed by atoms with Gasteiger partial charge in [0.25, 0.3) is 0 Å². The summed E-state index contributed by atoms with van der Waals surface area (Å²) < 4.78 is 10.7. The zero-order chi connectivity index (χ0) is 28.0. The van der Waals surface area contributed by atoms with Crippen molar-refractivity contribution < 1.29 is 33.5 Å². The van der Waals surface area contributed by atoms with Crippen LogP contribution in [-0.2, 0) is 41.7 Å². The number of carbonyl (C=O) groups is 4. The van der Waals surface area contributed by atoms with Crippen molar-refractivity contribution >= 4 is 44.4 Å². The van der Waals surface area contributed by atoms with E-state index in [1.165, 1.54) is 0 Å². The van der Waals surface area contributed by atoms with E-state index in [0.29, 0.717) is 11.0 Å². The van der Waals surface area contributed by atoms with Gasteiger partial charge in [-0.3, -0.25) is 14.4 Å². The van der Waals surface area contributed by atoms with Crippen molar-refractivity contribution in [1.82, 2.24) is 16.0 Å². The topological polar surface area (TPSA) is 144 Å². The van der Waals surface area contributed by atoms with Crippen molar-refractivity contribution in [1.29, 1.82) is 0 Å². The standard InChI is InChI=1S/C27H31BrN4O7/c1-2-37-24(33)16-29-25(34)22(14-20-15-23(28)32-39-20)30-26(35)21(13-18-9-5-3-6-10-18)31-27(36)38-17-19-11-7-4-8-12-19/h3-12,20-22H,2,13-17H2,1H3,(H,29,34)(H,30,35)(H,31,36)/t20?,21-,22-/m0/s1. The molecule has 2 aromatic carbocycles. The van der Waals surface area contributed by atoms with E-state index in [9.17, 15) is 19.2 Å². The Morgan fingerprint density at radius 2 is 1.62 bits per heavy atom. The maximum Gasteiger partial charge on any atom is 0.408 e. The van der Waals surface area contributed by atoms with E-state index in [-0.39, 0.29) is 32.6 Å². The van der Waals surface area contributed by atoms with Crippen LogP contribution in [-0.4, -0.2) is 59.8 Å². The number of alkyl carbamates (subject to hydrolysis) is 1. The predicted molar refractivity (Wildman–Crippen MR) is 146 cm³/mol. The number of benzene rings is 2. The average Bonchev–Trinajstić information content (AvgIpc) is 3.35. The minimum absolute atomic E-state index is 0.0269. The highest BCUT2D eigenvalue weighted by Crippen LogP contribution is 2.19. The van der Waals surface area contributed by atoms with Gasteiger partial charge in [0.1, 0.15) is 36.0 Å². The lowest BCUT2D eigenvalue weighted by atomic mass is 10.0. The lowest BCUT2D eigenvalue weighted by molar-refractivity contribution is -0.143. The molecule has 3 rings (SSSR count). The van der Waals surface area contributed by atoms with Crippen LogP contribution in [0.1, 0.15) is 30.9 Å². The Morgan fingerprint density at radius 3 is 2.23 bits per heavy atom. The second-order valence-electron chi connectivity index (χ2n) is 8.67. The number of oxime groups is 1. The van der Waals surface area contributed by atoms with Crippen molar-refractivity contribution in [2.75, 3.05) is 13.2 Å². The molecule has 3 atom stereocenters. The van der Waals surface area contributed by atoms with Gasteiger partial charge in [0.15, 0.2) is 0 Å². The van der Waals surface area contributed by atoms with Gasteiger partial charge in [-0.05, 0) is 34.0 Å². The molecule has 3 N–H and O–H groups in total. The van der Waals surface area contributed by atoms with Gasteiger partial charge in [-0.25, -0.2) is 4.79 Å². The van der Waals surface area contributed by atoms with Gasteiger partial charge < -0.3 is 30.3 Å².